The van der Waals surface area contributed by atoms with E-state index in [2.05, 4.69) is 27.5 Å². The van der Waals surface area contributed by atoms with Crippen molar-refractivity contribution in [2.75, 3.05) is 50.6 Å². The molecule has 2 N–H and O–H groups in total. The molecule has 1 saturated heterocycles. The van der Waals surface area contributed by atoms with Crippen molar-refractivity contribution in [3.05, 3.63) is 46.2 Å². The molecule has 0 bridgehead atoms. The van der Waals surface area contributed by atoms with E-state index in [1.807, 2.05) is 11.4 Å². The number of carbonyl (C=O) groups is 2. The molecule has 1 aromatic carbocycles. The van der Waals surface area contributed by atoms with Crippen LogP contribution in [-0.4, -0.2) is 62.2 Å². The second kappa shape index (κ2) is 9.13. The number of methoxy groups -OCH3 is 1. The molecule has 0 atom stereocenters. The third-order valence-corrected chi connectivity index (χ3v) is 5.55. The molecular formula is C19H22N4O3S2. The third-order valence-electron chi connectivity index (χ3n) is 4.48. The summed E-state index contributed by atoms with van der Waals surface area (Å²) in [7, 11) is 3.43. The maximum Gasteiger partial charge on any atom is 0.337 e. The lowest BCUT2D eigenvalue weighted by atomic mass is 10.1. The number of hydrogen-bond acceptors (Lipinski definition) is 7. The van der Waals surface area contributed by atoms with Crippen molar-refractivity contribution in [3.8, 4) is 0 Å². The summed E-state index contributed by atoms with van der Waals surface area (Å²) >= 11 is 6.66. The van der Waals surface area contributed by atoms with Gasteiger partial charge in [-0.3, -0.25) is 10.1 Å². The van der Waals surface area contributed by atoms with Gasteiger partial charge in [0.25, 0.3) is 5.91 Å². The monoisotopic (exact) mass is 418 g/mol. The Morgan fingerprint density at radius 1 is 1.18 bits per heavy atom. The minimum Gasteiger partial charge on any atom is -0.465 e. The van der Waals surface area contributed by atoms with Crippen LogP contribution in [0.2, 0.25) is 0 Å². The maximum absolute atomic E-state index is 12.2. The van der Waals surface area contributed by atoms with Gasteiger partial charge in [0.2, 0.25) is 0 Å². The summed E-state index contributed by atoms with van der Waals surface area (Å²) in [5.74, 6) is -0.695. The third kappa shape index (κ3) is 4.86. The standard InChI is InChI=1S/C19H22N4O3S2/c1-22-7-9-23(10-8-22)15-6-5-13(18(25)26-2)12-14(15)20-19(27)21-17(24)16-4-3-11-28-16/h3-6,11-12H,7-10H2,1-2H3,(H2,20,21,24,27). The summed E-state index contributed by atoms with van der Waals surface area (Å²) in [5, 5.41) is 7.76. The fourth-order valence-corrected chi connectivity index (χ4v) is 3.75. The first-order chi connectivity index (χ1) is 13.5. The maximum atomic E-state index is 12.2. The Kier molecular flexibility index (Phi) is 6.61. The molecular weight excluding hydrogens is 396 g/mol. The van der Waals surface area contributed by atoms with Gasteiger partial charge in [-0.05, 0) is 48.9 Å². The molecule has 0 saturated carbocycles. The number of piperazine rings is 1. The number of anilines is 2. The lowest BCUT2D eigenvalue weighted by Gasteiger charge is -2.35. The minimum atomic E-state index is -0.429. The van der Waals surface area contributed by atoms with E-state index in [1.54, 1.807) is 24.3 Å². The van der Waals surface area contributed by atoms with E-state index in [4.69, 9.17) is 17.0 Å². The van der Waals surface area contributed by atoms with Crippen LogP contribution in [0.1, 0.15) is 20.0 Å². The second-order valence-electron chi connectivity index (χ2n) is 6.40. The van der Waals surface area contributed by atoms with Crippen LogP contribution in [0, 0.1) is 0 Å². The second-order valence-corrected chi connectivity index (χ2v) is 7.76. The summed E-state index contributed by atoms with van der Waals surface area (Å²) in [4.78, 5) is 29.2. The van der Waals surface area contributed by atoms with Gasteiger partial charge >= 0.3 is 5.97 Å². The van der Waals surface area contributed by atoms with Gasteiger partial charge in [0.1, 0.15) is 0 Å². The van der Waals surface area contributed by atoms with Crippen molar-refractivity contribution in [3.63, 3.8) is 0 Å². The van der Waals surface area contributed by atoms with Gasteiger partial charge in [-0.25, -0.2) is 4.79 Å². The first-order valence-electron chi connectivity index (χ1n) is 8.79. The highest BCUT2D eigenvalue weighted by Crippen LogP contribution is 2.28. The molecule has 0 aliphatic carbocycles. The summed E-state index contributed by atoms with van der Waals surface area (Å²) in [6.07, 6.45) is 0. The highest BCUT2D eigenvalue weighted by molar-refractivity contribution is 7.80. The van der Waals surface area contributed by atoms with E-state index < -0.39 is 5.97 Å². The van der Waals surface area contributed by atoms with Gasteiger partial charge < -0.3 is 19.9 Å². The molecule has 148 valence electrons. The minimum absolute atomic E-state index is 0.177. The van der Waals surface area contributed by atoms with E-state index in [9.17, 15) is 9.59 Å². The van der Waals surface area contributed by atoms with E-state index in [-0.39, 0.29) is 11.0 Å². The highest BCUT2D eigenvalue weighted by atomic mass is 32.1. The molecule has 2 heterocycles. The summed E-state index contributed by atoms with van der Waals surface area (Å²) < 4.78 is 4.82. The molecule has 0 spiro atoms. The average molecular weight is 419 g/mol. The van der Waals surface area contributed by atoms with Gasteiger partial charge in [0.05, 0.1) is 28.9 Å². The first-order valence-corrected chi connectivity index (χ1v) is 10.1. The normalized spacial score (nSPS) is 14.4. The van der Waals surface area contributed by atoms with Gasteiger partial charge in [-0.1, -0.05) is 6.07 Å². The van der Waals surface area contributed by atoms with Crippen molar-refractivity contribution in [2.24, 2.45) is 0 Å². The Bertz CT molecular complexity index is 862. The highest BCUT2D eigenvalue weighted by Gasteiger charge is 2.20. The molecule has 9 heteroatoms. The zero-order valence-electron chi connectivity index (χ0n) is 15.7. The van der Waals surface area contributed by atoms with Crippen molar-refractivity contribution < 1.29 is 14.3 Å². The molecule has 7 nitrogen and oxygen atoms in total. The number of nitrogens with zero attached hydrogens (tertiary/aromatic N) is 2. The van der Waals surface area contributed by atoms with Gasteiger partial charge in [0.15, 0.2) is 5.11 Å². The number of ether oxygens (including phenoxy) is 1. The van der Waals surface area contributed by atoms with Crippen molar-refractivity contribution in [2.45, 2.75) is 0 Å². The number of hydrogen-bond donors (Lipinski definition) is 2. The van der Waals surface area contributed by atoms with Gasteiger partial charge in [0, 0.05) is 26.2 Å². The lowest BCUT2D eigenvalue weighted by molar-refractivity contribution is 0.0600. The van der Waals surface area contributed by atoms with Crippen LogP contribution in [0.5, 0.6) is 0 Å². The molecule has 1 aliphatic rings. The van der Waals surface area contributed by atoms with E-state index >= 15 is 0 Å². The molecule has 1 aromatic heterocycles. The SMILES string of the molecule is COC(=O)c1ccc(N2CCN(C)CC2)c(NC(=S)NC(=O)c2cccs2)c1. The van der Waals surface area contributed by atoms with E-state index in [0.717, 1.165) is 31.9 Å². The van der Waals surface area contributed by atoms with Crippen LogP contribution in [0.3, 0.4) is 0 Å². The molecule has 0 unspecified atom stereocenters. The Labute approximate surface area is 173 Å². The molecule has 3 rings (SSSR count). The van der Waals surface area contributed by atoms with Crippen LogP contribution in [-0.2, 0) is 4.74 Å². The smallest absolute Gasteiger partial charge is 0.337 e. The Morgan fingerprint density at radius 2 is 1.93 bits per heavy atom. The van der Waals surface area contributed by atoms with Gasteiger partial charge in [-0.15, -0.1) is 11.3 Å². The van der Waals surface area contributed by atoms with Crippen molar-refractivity contribution in [1.29, 1.82) is 0 Å². The number of nitrogens with one attached hydrogen (secondary N) is 2. The number of rotatable bonds is 4. The largest absolute Gasteiger partial charge is 0.465 e. The van der Waals surface area contributed by atoms with Crippen molar-refractivity contribution in [1.82, 2.24) is 10.2 Å². The molecule has 1 fully saturated rings. The Morgan fingerprint density at radius 3 is 2.57 bits per heavy atom. The first kappa shape index (κ1) is 20.2. The molecule has 2 aromatic rings. The van der Waals surface area contributed by atoms with Crippen LogP contribution in [0.15, 0.2) is 35.7 Å². The number of benzene rings is 1. The van der Waals surface area contributed by atoms with Crippen LogP contribution >= 0.6 is 23.6 Å². The topological polar surface area (TPSA) is 73.9 Å². The fourth-order valence-electron chi connectivity index (χ4n) is 2.93. The molecule has 28 heavy (non-hydrogen) atoms. The van der Waals surface area contributed by atoms with Crippen molar-refractivity contribution >= 4 is 51.9 Å². The molecule has 1 aliphatic heterocycles. The van der Waals surface area contributed by atoms with Crippen LogP contribution in [0.4, 0.5) is 11.4 Å². The van der Waals surface area contributed by atoms with E-state index in [0.29, 0.717) is 16.1 Å². The molecule has 0 radical (unpaired) electrons. The Hall–Kier alpha value is -2.49. The van der Waals surface area contributed by atoms with Gasteiger partial charge in [-0.2, -0.15) is 0 Å². The number of esters is 1. The zero-order chi connectivity index (χ0) is 20.1. The lowest BCUT2D eigenvalue weighted by Crippen LogP contribution is -2.45. The number of likely N-dealkylation sites (N-methyl/N-ethyl adjacent to an activating group) is 1. The number of carbonyl (C=O) groups excluding carboxylic acids is 2. The zero-order valence-corrected chi connectivity index (χ0v) is 17.4. The van der Waals surface area contributed by atoms with E-state index in [1.165, 1.54) is 18.4 Å². The van der Waals surface area contributed by atoms with Crippen LogP contribution in [0.25, 0.3) is 0 Å². The quantitative estimate of drug-likeness (QED) is 0.583. The molecule has 1 amide bonds. The number of thiocarbonyl (C=S) groups is 1. The summed E-state index contributed by atoms with van der Waals surface area (Å²) in [6, 6.07) is 8.85. The number of amides is 1. The fraction of sp³-hybridized carbons (Fsp3) is 0.316. The predicted octanol–water partition coefficient (Wildman–Crippen LogP) is 2.41. The average Bonchev–Trinajstić information content (AvgIpc) is 3.23. The summed E-state index contributed by atoms with van der Waals surface area (Å²) in [5.41, 5.74) is 1.99. The number of thiophene rings is 1. The summed E-state index contributed by atoms with van der Waals surface area (Å²) in [6.45, 7) is 3.60. The van der Waals surface area contributed by atoms with Crippen LogP contribution < -0.4 is 15.5 Å². The predicted molar refractivity (Wildman–Crippen MR) is 115 cm³/mol. The Balaban J connectivity index is 1.80.